The van der Waals surface area contributed by atoms with E-state index in [4.69, 9.17) is 9.47 Å². The summed E-state index contributed by atoms with van der Waals surface area (Å²) in [5.41, 5.74) is -1.03. The number of hydrogen-bond donors (Lipinski definition) is 2. The van der Waals surface area contributed by atoms with Crippen molar-refractivity contribution >= 4 is 11.9 Å². The van der Waals surface area contributed by atoms with Gasteiger partial charge in [0.05, 0.1) is 5.56 Å². The van der Waals surface area contributed by atoms with Gasteiger partial charge in [-0.2, -0.15) is 0 Å². The van der Waals surface area contributed by atoms with E-state index in [1.807, 2.05) is 18.2 Å². The Morgan fingerprint density at radius 3 is 2.44 bits per heavy atom. The van der Waals surface area contributed by atoms with Crippen LogP contribution in [0.25, 0.3) is 0 Å². The molecule has 1 saturated heterocycles. The second-order valence-electron chi connectivity index (χ2n) is 5.75. The summed E-state index contributed by atoms with van der Waals surface area (Å²) >= 11 is 0. The predicted octanol–water partition coefficient (Wildman–Crippen LogP) is 2.24. The SMILES string of the molecule is O=C(NC1(C(=O)O)CCOCC1)c1ccc(Oc2ccccc2)nc1. The van der Waals surface area contributed by atoms with Crippen molar-refractivity contribution < 1.29 is 24.2 Å². The van der Waals surface area contributed by atoms with Gasteiger partial charge in [-0.15, -0.1) is 0 Å². The van der Waals surface area contributed by atoms with E-state index < -0.39 is 17.4 Å². The van der Waals surface area contributed by atoms with Crippen molar-refractivity contribution in [2.75, 3.05) is 13.2 Å². The van der Waals surface area contributed by atoms with Gasteiger partial charge >= 0.3 is 5.97 Å². The van der Waals surface area contributed by atoms with Crippen molar-refractivity contribution in [2.24, 2.45) is 0 Å². The summed E-state index contributed by atoms with van der Waals surface area (Å²) in [5, 5.41) is 12.1. The minimum Gasteiger partial charge on any atom is -0.480 e. The Labute approximate surface area is 144 Å². The first-order valence-electron chi connectivity index (χ1n) is 7.92. The van der Waals surface area contributed by atoms with Crippen LogP contribution in [0.1, 0.15) is 23.2 Å². The molecule has 3 rings (SSSR count). The first-order chi connectivity index (χ1) is 12.1. The Morgan fingerprint density at radius 2 is 1.84 bits per heavy atom. The minimum absolute atomic E-state index is 0.233. The molecule has 1 amide bonds. The number of amides is 1. The molecule has 1 aromatic heterocycles. The van der Waals surface area contributed by atoms with Crippen LogP contribution in [0.5, 0.6) is 11.6 Å². The fourth-order valence-electron chi connectivity index (χ4n) is 2.59. The van der Waals surface area contributed by atoms with Crippen LogP contribution in [0.2, 0.25) is 0 Å². The standard InChI is InChI=1S/C18H18N2O5/c21-16(20-18(17(22)23)8-10-24-11-9-18)13-6-7-15(19-12-13)25-14-4-2-1-3-5-14/h1-7,12H,8-11H2,(H,20,21)(H,22,23). The fourth-order valence-corrected chi connectivity index (χ4v) is 2.59. The number of carbonyl (C=O) groups excluding carboxylic acids is 1. The number of hydrogen-bond acceptors (Lipinski definition) is 5. The lowest BCUT2D eigenvalue weighted by molar-refractivity contribution is -0.148. The maximum absolute atomic E-state index is 12.4. The van der Waals surface area contributed by atoms with Crippen molar-refractivity contribution in [3.63, 3.8) is 0 Å². The summed E-state index contributed by atoms with van der Waals surface area (Å²) in [6, 6.07) is 12.3. The Bertz CT molecular complexity index is 740. The average Bonchev–Trinajstić information content (AvgIpc) is 2.64. The highest BCUT2D eigenvalue weighted by molar-refractivity contribution is 5.97. The number of ether oxygens (including phenoxy) is 2. The van der Waals surface area contributed by atoms with Crippen molar-refractivity contribution in [1.29, 1.82) is 0 Å². The molecule has 7 nitrogen and oxygen atoms in total. The highest BCUT2D eigenvalue weighted by atomic mass is 16.5. The third-order valence-corrected chi connectivity index (χ3v) is 4.07. The zero-order valence-electron chi connectivity index (χ0n) is 13.5. The van der Waals surface area contributed by atoms with E-state index >= 15 is 0 Å². The molecule has 0 bridgehead atoms. The van der Waals surface area contributed by atoms with Gasteiger partial charge in [-0.3, -0.25) is 4.79 Å². The predicted molar refractivity (Wildman–Crippen MR) is 88.6 cm³/mol. The van der Waals surface area contributed by atoms with E-state index in [2.05, 4.69) is 10.3 Å². The van der Waals surface area contributed by atoms with Crippen molar-refractivity contribution in [3.8, 4) is 11.6 Å². The van der Waals surface area contributed by atoms with Crippen LogP contribution >= 0.6 is 0 Å². The Hall–Kier alpha value is -2.93. The smallest absolute Gasteiger partial charge is 0.329 e. The van der Waals surface area contributed by atoms with Gasteiger partial charge in [0.25, 0.3) is 5.91 Å². The van der Waals surface area contributed by atoms with Crippen molar-refractivity contribution in [2.45, 2.75) is 18.4 Å². The third-order valence-electron chi connectivity index (χ3n) is 4.07. The molecular formula is C18H18N2O5. The lowest BCUT2D eigenvalue weighted by Gasteiger charge is -2.33. The number of aliphatic carboxylic acids is 1. The Balaban J connectivity index is 1.69. The van der Waals surface area contributed by atoms with Gasteiger partial charge < -0.3 is 19.9 Å². The van der Waals surface area contributed by atoms with Gasteiger partial charge in [-0.05, 0) is 18.2 Å². The van der Waals surface area contributed by atoms with Gasteiger partial charge in [0, 0.05) is 38.3 Å². The molecule has 2 N–H and O–H groups in total. The Kier molecular flexibility index (Phi) is 4.95. The monoisotopic (exact) mass is 342 g/mol. The number of carboxylic acids is 1. The lowest BCUT2D eigenvalue weighted by Crippen LogP contribution is -2.57. The van der Waals surface area contributed by atoms with E-state index in [9.17, 15) is 14.7 Å². The second-order valence-corrected chi connectivity index (χ2v) is 5.75. The van der Waals surface area contributed by atoms with Gasteiger partial charge in [-0.25, -0.2) is 9.78 Å². The number of nitrogens with one attached hydrogen (secondary N) is 1. The van der Waals surface area contributed by atoms with Crippen LogP contribution in [0, 0.1) is 0 Å². The number of aromatic nitrogens is 1. The van der Waals surface area contributed by atoms with Crippen LogP contribution < -0.4 is 10.1 Å². The number of benzene rings is 1. The van der Waals surface area contributed by atoms with Crippen LogP contribution in [0.4, 0.5) is 0 Å². The van der Waals surface area contributed by atoms with E-state index in [-0.39, 0.29) is 18.4 Å². The zero-order valence-corrected chi connectivity index (χ0v) is 13.5. The Morgan fingerprint density at radius 1 is 1.12 bits per heavy atom. The fraction of sp³-hybridized carbons (Fsp3) is 0.278. The zero-order chi connectivity index (χ0) is 17.7. The third kappa shape index (κ3) is 3.95. The number of carboxylic acid groups (broad SMARTS) is 1. The van der Waals surface area contributed by atoms with Gasteiger partial charge in [-0.1, -0.05) is 18.2 Å². The first-order valence-corrected chi connectivity index (χ1v) is 7.92. The van der Waals surface area contributed by atoms with Gasteiger partial charge in [0.2, 0.25) is 5.88 Å². The van der Waals surface area contributed by atoms with Crippen molar-refractivity contribution in [3.05, 3.63) is 54.2 Å². The summed E-state index contributed by atoms with van der Waals surface area (Å²) in [5.74, 6) is -0.551. The molecule has 1 fully saturated rings. The van der Waals surface area contributed by atoms with Crippen LogP contribution in [0.3, 0.4) is 0 Å². The quantitative estimate of drug-likeness (QED) is 0.865. The van der Waals surface area contributed by atoms with Crippen LogP contribution in [-0.2, 0) is 9.53 Å². The second kappa shape index (κ2) is 7.31. The molecular weight excluding hydrogens is 324 g/mol. The number of carbonyl (C=O) groups is 2. The molecule has 0 spiro atoms. The van der Waals surface area contributed by atoms with Gasteiger partial charge in [0.15, 0.2) is 0 Å². The molecule has 0 aliphatic carbocycles. The summed E-state index contributed by atoms with van der Waals surface area (Å²) in [7, 11) is 0. The number of nitrogens with zero attached hydrogens (tertiary/aromatic N) is 1. The molecule has 2 heterocycles. The molecule has 0 saturated carbocycles. The molecule has 1 aliphatic rings. The van der Waals surface area contributed by atoms with E-state index in [1.54, 1.807) is 24.3 Å². The van der Waals surface area contributed by atoms with E-state index in [0.29, 0.717) is 24.8 Å². The summed E-state index contributed by atoms with van der Waals surface area (Å²) in [6.45, 7) is 0.601. The average molecular weight is 342 g/mol. The summed E-state index contributed by atoms with van der Waals surface area (Å²) < 4.78 is 10.8. The molecule has 2 aromatic rings. The largest absolute Gasteiger partial charge is 0.480 e. The first kappa shape index (κ1) is 16.9. The highest BCUT2D eigenvalue weighted by Gasteiger charge is 2.41. The molecule has 1 aromatic carbocycles. The lowest BCUT2D eigenvalue weighted by atomic mass is 9.90. The molecule has 1 aliphatic heterocycles. The minimum atomic E-state index is -1.30. The number of pyridine rings is 1. The molecule has 7 heteroatoms. The van der Waals surface area contributed by atoms with Gasteiger partial charge in [0.1, 0.15) is 11.3 Å². The highest BCUT2D eigenvalue weighted by Crippen LogP contribution is 2.22. The van der Waals surface area contributed by atoms with E-state index in [1.165, 1.54) is 6.20 Å². The summed E-state index contributed by atoms with van der Waals surface area (Å²) in [4.78, 5) is 28.1. The topological polar surface area (TPSA) is 97.8 Å². The molecule has 0 unspecified atom stereocenters. The molecule has 130 valence electrons. The normalized spacial score (nSPS) is 16.0. The molecule has 0 radical (unpaired) electrons. The molecule has 0 atom stereocenters. The van der Waals surface area contributed by atoms with Crippen LogP contribution in [-0.4, -0.2) is 40.7 Å². The van der Waals surface area contributed by atoms with Crippen LogP contribution in [0.15, 0.2) is 48.7 Å². The number of rotatable bonds is 5. The number of para-hydroxylation sites is 1. The summed E-state index contributed by atoms with van der Waals surface area (Å²) in [6.07, 6.45) is 1.83. The maximum Gasteiger partial charge on any atom is 0.329 e. The molecule has 25 heavy (non-hydrogen) atoms. The maximum atomic E-state index is 12.4. The van der Waals surface area contributed by atoms with E-state index in [0.717, 1.165) is 0 Å². The van der Waals surface area contributed by atoms with Crippen molar-refractivity contribution in [1.82, 2.24) is 10.3 Å².